The third kappa shape index (κ3) is 5.90. The van der Waals surface area contributed by atoms with Gasteiger partial charge >= 0.3 is 0 Å². The number of hydrogen-bond acceptors (Lipinski definition) is 9. The van der Waals surface area contributed by atoms with Crippen LogP contribution in [0.3, 0.4) is 0 Å². The largest absolute Gasteiger partial charge is 0.383 e. The number of rotatable bonds is 9. The van der Waals surface area contributed by atoms with Gasteiger partial charge in [-0.25, -0.2) is 14.2 Å². The first-order valence-electron chi connectivity index (χ1n) is 14.6. The molecule has 2 aliphatic rings. The average molecular weight is 654 g/mol. The van der Waals surface area contributed by atoms with E-state index in [9.17, 15) is 9.00 Å². The number of benzene rings is 2. The van der Waals surface area contributed by atoms with Crippen molar-refractivity contribution >= 4 is 51.1 Å². The third-order valence-corrected chi connectivity index (χ3v) is 11.9. The molecular formula is C31H36ClN7O3S2. The van der Waals surface area contributed by atoms with Gasteiger partial charge < -0.3 is 9.64 Å². The number of piperidine rings is 1. The summed E-state index contributed by atoms with van der Waals surface area (Å²) in [5, 5.41) is 15.9. The van der Waals surface area contributed by atoms with Gasteiger partial charge in [0, 0.05) is 25.1 Å². The van der Waals surface area contributed by atoms with Crippen molar-refractivity contribution in [2.24, 2.45) is 10.6 Å². The average Bonchev–Trinajstić information content (AvgIpc) is 3.30. The van der Waals surface area contributed by atoms with Gasteiger partial charge in [0.05, 0.1) is 57.3 Å². The lowest BCUT2D eigenvalue weighted by atomic mass is 9.67. The highest BCUT2D eigenvalue weighted by atomic mass is 35.5. The molecule has 2 aromatic carbocycles. The molecule has 1 unspecified atom stereocenters. The van der Waals surface area contributed by atoms with E-state index < -0.39 is 15.7 Å². The maximum absolute atomic E-state index is 13.1. The quantitative estimate of drug-likeness (QED) is 0.272. The number of nitrogens with two attached hydrogens (primary N) is 1. The molecule has 44 heavy (non-hydrogen) atoms. The fourth-order valence-corrected chi connectivity index (χ4v) is 8.03. The van der Waals surface area contributed by atoms with Crippen LogP contribution in [0, 0.1) is 5.41 Å². The van der Waals surface area contributed by atoms with Gasteiger partial charge in [-0.2, -0.15) is 0 Å². The summed E-state index contributed by atoms with van der Waals surface area (Å²) in [4.78, 5) is 24.9. The van der Waals surface area contributed by atoms with Crippen molar-refractivity contribution in [2.75, 3.05) is 31.7 Å². The van der Waals surface area contributed by atoms with E-state index in [-0.39, 0.29) is 11.0 Å². The molecule has 2 N–H and O–H groups in total. The summed E-state index contributed by atoms with van der Waals surface area (Å²) in [7, 11) is 0.178. The Hall–Kier alpha value is -2.90. The van der Waals surface area contributed by atoms with Crippen LogP contribution in [0.25, 0.3) is 10.9 Å². The van der Waals surface area contributed by atoms with E-state index in [4.69, 9.17) is 21.5 Å². The lowest BCUT2D eigenvalue weighted by Gasteiger charge is -2.45. The summed E-state index contributed by atoms with van der Waals surface area (Å²) < 4.78 is 18.5. The highest BCUT2D eigenvalue weighted by Crippen LogP contribution is 2.56. The summed E-state index contributed by atoms with van der Waals surface area (Å²) in [6.07, 6.45) is 7.04. The lowest BCUT2D eigenvalue weighted by Crippen LogP contribution is -2.45. The van der Waals surface area contributed by atoms with Crippen LogP contribution in [0.15, 0.2) is 63.8 Å². The van der Waals surface area contributed by atoms with Gasteiger partial charge in [-0.1, -0.05) is 35.9 Å². The molecule has 1 aliphatic carbocycles. The van der Waals surface area contributed by atoms with Crippen LogP contribution < -0.4 is 15.6 Å². The first-order valence-corrected chi connectivity index (χ1v) is 17.1. The maximum Gasteiger partial charge on any atom is 0.262 e. The normalized spacial score (nSPS) is 18.6. The molecule has 1 fully saturated rings. The molecule has 1 spiro atoms. The first-order chi connectivity index (χ1) is 21.1. The smallest absolute Gasteiger partial charge is 0.262 e. The number of halogens is 1. The molecule has 2 atom stereocenters. The lowest BCUT2D eigenvalue weighted by molar-refractivity contribution is 0.170. The molecular weight excluding hydrogens is 618 g/mol. The predicted molar refractivity (Wildman–Crippen MR) is 175 cm³/mol. The number of fused-ring (bicyclic) bond motifs is 2. The number of anilines is 1. The van der Waals surface area contributed by atoms with Crippen molar-refractivity contribution in [1.29, 1.82) is 0 Å². The molecule has 0 saturated carbocycles. The van der Waals surface area contributed by atoms with Gasteiger partial charge in [-0.15, -0.1) is 10.2 Å². The molecule has 3 heterocycles. The fourth-order valence-electron chi connectivity index (χ4n) is 6.64. The second-order valence-corrected chi connectivity index (χ2v) is 15.3. The van der Waals surface area contributed by atoms with Crippen molar-refractivity contribution < 1.29 is 8.95 Å². The predicted octanol–water partition coefficient (Wildman–Crippen LogP) is 4.75. The van der Waals surface area contributed by atoms with E-state index >= 15 is 0 Å². The summed E-state index contributed by atoms with van der Waals surface area (Å²) in [6.45, 7) is 6.46. The number of methoxy groups -OCH3 is 1. The highest BCUT2D eigenvalue weighted by molar-refractivity contribution is 7.99. The Morgan fingerprint density at radius 1 is 1.16 bits per heavy atom. The number of ether oxygens (including phenoxy) is 1. The summed E-state index contributed by atoms with van der Waals surface area (Å²) in [6, 6.07) is 12.3. The number of hydrogen-bond donors (Lipinski definition) is 1. The Balaban J connectivity index is 1.17. The monoisotopic (exact) mass is 653 g/mol. The Bertz CT molecular complexity index is 1760. The van der Waals surface area contributed by atoms with E-state index in [1.807, 2.05) is 19.9 Å². The van der Waals surface area contributed by atoms with Gasteiger partial charge in [-0.05, 0) is 85.9 Å². The van der Waals surface area contributed by atoms with Gasteiger partial charge in [0.25, 0.3) is 5.56 Å². The van der Waals surface area contributed by atoms with Crippen molar-refractivity contribution in [3.05, 3.63) is 75.4 Å². The summed E-state index contributed by atoms with van der Waals surface area (Å²) in [5.74, 6) is 1.03. The maximum atomic E-state index is 13.1. The van der Waals surface area contributed by atoms with Crippen LogP contribution in [0.4, 0.5) is 5.82 Å². The number of aromatic nitrogens is 5. The van der Waals surface area contributed by atoms with Crippen LogP contribution >= 0.6 is 23.4 Å². The molecule has 232 valence electrons. The summed E-state index contributed by atoms with van der Waals surface area (Å²) in [5.41, 5.74) is 3.17. The second kappa shape index (κ2) is 12.5. The Labute approximate surface area is 268 Å². The standard InChI is InChI=1S/C31H36ClN7O3S2/c1-30(2,44(33)41)17-22-21-7-5-4-6-20(21)16-31(22)10-12-38(13-11-31)25-18-34-29(37-36-25)43-24-9-8-23-26(27(24)32)28(40)39(19-35-23)14-15-42-3/h4-9,18-19,22H,10-17,33H2,1-3H3/t22-,44?/m1/s1. The Morgan fingerprint density at radius 3 is 2.64 bits per heavy atom. The van der Waals surface area contributed by atoms with Crippen LogP contribution in [-0.4, -0.2) is 60.5 Å². The van der Waals surface area contributed by atoms with E-state index in [1.165, 1.54) is 33.8 Å². The zero-order valence-electron chi connectivity index (χ0n) is 25.0. The molecule has 1 aliphatic heterocycles. The second-order valence-electron chi connectivity index (χ2n) is 12.2. The SMILES string of the molecule is COCCn1cnc2ccc(Sc3ncc(N4CCC5(CC4)Cc4ccccc4[C@H]5CC(C)(C)S(N)=O)nn3)c(Cl)c2c1=O. The molecule has 0 bridgehead atoms. The molecule has 13 heteroatoms. The van der Waals surface area contributed by atoms with Gasteiger partial charge in [0.1, 0.15) is 0 Å². The molecule has 0 radical (unpaired) electrons. The minimum Gasteiger partial charge on any atom is -0.383 e. The molecule has 2 aromatic heterocycles. The van der Waals surface area contributed by atoms with Gasteiger partial charge in [-0.3, -0.25) is 14.5 Å². The molecule has 6 rings (SSSR count). The van der Waals surface area contributed by atoms with E-state index in [0.29, 0.717) is 45.0 Å². The zero-order valence-corrected chi connectivity index (χ0v) is 27.4. The highest BCUT2D eigenvalue weighted by Gasteiger charge is 2.49. The van der Waals surface area contributed by atoms with Crippen LogP contribution in [0.1, 0.15) is 50.2 Å². The van der Waals surface area contributed by atoms with Crippen molar-refractivity contribution in [1.82, 2.24) is 24.7 Å². The van der Waals surface area contributed by atoms with Crippen molar-refractivity contribution in [3.63, 3.8) is 0 Å². The van der Waals surface area contributed by atoms with E-state index in [2.05, 4.69) is 49.3 Å². The van der Waals surface area contributed by atoms with E-state index in [1.54, 1.807) is 19.4 Å². The molecule has 10 nitrogen and oxygen atoms in total. The van der Waals surface area contributed by atoms with E-state index in [0.717, 1.165) is 44.6 Å². The zero-order chi connectivity index (χ0) is 31.1. The van der Waals surface area contributed by atoms with Crippen LogP contribution in [-0.2, 0) is 28.7 Å². The van der Waals surface area contributed by atoms with Crippen LogP contribution in [0.5, 0.6) is 0 Å². The number of nitrogens with zero attached hydrogens (tertiary/aromatic N) is 6. The van der Waals surface area contributed by atoms with Crippen molar-refractivity contribution in [3.8, 4) is 0 Å². The molecule has 1 saturated heterocycles. The first kappa shape index (κ1) is 31.1. The fraction of sp³-hybridized carbons (Fsp3) is 0.452. The minimum absolute atomic E-state index is 0.0945. The molecule has 0 amide bonds. The van der Waals surface area contributed by atoms with Gasteiger partial charge in [0.15, 0.2) is 5.82 Å². The minimum atomic E-state index is -1.41. The van der Waals surface area contributed by atoms with Gasteiger partial charge in [0.2, 0.25) is 5.16 Å². The Kier molecular flexibility index (Phi) is 8.82. The third-order valence-electron chi connectivity index (χ3n) is 9.20. The molecule has 4 aromatic rings. The summed E-state index contributed by atoms with van der Waals surface area (Å²) >= 11 is 7.97. The van der Waals surface area contributed by atoms with Crippen LogP contribution in [0.2, 0.25) is 5.02 Å². The van der Waals surface area contributed by atoms with Crippen molar-refractivity contribution in [2.45, 2.75) is 66.8 Å². The Morgan fingerprint density at radius 2 is 1.93 bits per heavy atom. The topological polar surface area (TPSA) is 129 Å².